The zero-order valence-corrected chi connectivity index (χ0v) is 23.9. The molecule has 4 heteroatoms. The third-order valence-electron chi connectivity index (χ3n) is 7.42. The molecule has 0 saturated heterocycles. The fourth-order valence-corrected chi connectivity index (χ4v) is 15.3. The van der Waals surface area contributed by atoms with E-state index in [1.54, 1.807) is 0 Å². The molecule has 0 amide bonds. The molecule has 2 nitrogen and oxygen atoms in total. The van der Waals surface area contributed by atoms with Crippen molar-refractivity contribution in [1.29, 1.82) is 0 Å². The summed E-state index contributed by atoms with van der Waals surface area (Å²) >= 11 is 0. The fraction of sp³-hybridized carbons (Fsp3) is 0.0286. The quantitative estimate of drug-likeness (QED) is 0.206. The number of rotatable bonds is 8. The van der Waals surface area contributed by atoms with Crippen LogP contribution < -0.4 is 25.9 Å². The molecular weight excluding hydrogens is 509 g/mol. The van der Waals surface area contributed by atoms with E-state index in [0.717, 1.165) is 15.8 Å². The third kappa shape index (κ3) is 4.48. The number of fused-ring (bicyclic) bond motifs is 1. The maximum Gasteiger partial charge on any atom is 0.397 e. The SMILES string of the molecule is CO[Si](O[Si](c1ccccc1)(c1ccccc1)c1ccccc1)(c1ccccc1)c1cccc2ccccc12. The maximum atomic E-state index is 7.97. The lowest BCUT2D eigenvalue weighted by Crippen LogP contribution is -2.78. The van der Waals surface area contributed by atoms with Gasteiger partial charge >= 0.3 is 8.56 Å². The van der Waals surface area contributed by atoms with Crippen molar-refractivity contribution in [3.63, 3.8) is 0 Å². The van der Waals surface area contributed by atoms with Crippen molar-refractivity contribution in [1.82, 2.24) is 0 Å². The van der Waals surface area contributed by atoms with E-state index in [2.05, 4.69) is 164 Å². The molecule has 0 heterocycles. The Labute approximate surface area is 232 Å². The van der Waals surface area contributed by atoms with E-state index in [-0.39, 0.29) is 0 Å². The molecule has 0 aliphatic rings. The van der Waals surface area contributed by atoms with Crippen LogP contribution in [0.1, 0.15) is 0 Å². The van der Waals surface area contributed by atoms with Crippen LogP contribution in [0.25, 0.3) is 10.8 Å². The molecule has 0 N–H and O–H groups in total. The van der Waals surface area contributed by atoms with Crippen LogP contribution in [0.2, 0.25) is 0 Å². The largest absolute Gasteiger partial charge is 0.418 e. The molecule has 6 aromatic carbocycles. The second-order valence-electron chi connectivity index (χ2n) is 9.59. The predicted molar refractivity (Wildman–Crippen MR) is 167 cm³/mol. The van der Waals surface area contributed by atoms with Gasteiger partial charge in [0, 0.05) is 12.3 Å². The number of hydrogen-bond acceptors (Lipinski definition) is 2. The highest BCUT2D eigenvalue weighted by Gasteiger charge is 2.53. The van der Waals surface area contributed by atoms with E-state index in [9.17, 15) is 0 Å². The summed E-state index contributed by atoms with van der Waals surface area (Å²) in [4.78, 5) is 0. The second kappa shape index (κ2) is 11.0. The lowest BCUT2D eigenvalue weighted by Gasteiger charge is -2.42. The summed E-state index contributed by atoms with van der Waals surface area (Å²) in [7, 11) is -4.58. The van der Waals surface area contributed by atoms with Crippen LogP contribution >= 0.6 is 0 Å². The lowest BCUT2D eigenvalue weighted by atomic mass is 10.1. The standard InChI is InChI=1S/C35H30O2Si2/c1-36-39(33-25-12-5-13-26-33,35-28-16-18-29-17-14-15-27-34(29)35)37-38(30-19-6-2-7-20-30,31-21-8-3-9-22-31)32-23-10-4-11-24-32/h2-28H,1H3. The summed E-state index contributed by atoms with van der Waals surface area (Å²) in [5.74, 6) is 0. The monoisotopic (exact) mass is 538 g/mol. The van der Waals surface area contributed by atoms with E-state index >= 15 is 0 Å². The van der Waals surface area contributed by atoms with Gasteiger partial charge in [-0.3, -0.25) is 0 Å². The van der Waals surface area contributed by atoms with Crippen molar-refractivity contribution in [2.24, 2.45) is 0 Å². The molecule has 0 fully saturated rings. The number of hydrogen-bond donors (Lipinski definition) is 0. The average molecular weight is 539 g/mol. The first kappa shape index (κ1) is 25.2. The van der Waals surface area contributed by atoms with Crippen LogP contribution in [-0.4, -0.2) is 24.0 Å². The molecule has 0 spiro atoms. The summed E-state index contributed by atoms with van der Waals surface area (Å²) in [6, 6.07) is 57.8. The number of benzene rings is 6. The normalized spacial score (nSPS) is 13.2. The van der Waals surface area contributed by atoms with Gasteiger partial charge in [-0.1, -0.05) is 164 Å². The first-order valence-electron chi connectivity index (χ1n) is 13.2. The van der Waals surface area contributed by atoms with Gasteiger partial charge < -0.3 is 8.54 Å². The highest BCUT2D eigenvalue weighted by atomic mass is 28.4. The van der Waals surface area contributed by atoms with Crippen molar-refractivity contribution in [2.45, 2.75) is 0 Å². The molecule has 0 aliphatic carbocycles. The minimum atomic E-state index is -3.31. The highest BCUT2D eigenvalue weighted by Crippen LogP contribution is 2.22. The Bertz CT molecular complexity index is 1560. The van der Waals surface area contributed by atoms with Crippen LogP contribution in [0.15, 0.2) is 164 Å². The van der Waals surface area contributed by atoms with E-state index in [0.29, 0.717) is 0 Å². The molecule has 0 aromatic heterocycles. The molecule has 1 unspecified atom stereocenters. The van der Waals surface area contributed by atoms with Gasteiger partial charge in [-0.15, -0.1) is 0 Å². The molecule has 6 aromatic rings. The minimum absolute atomic E-state index is 1.09. The van der Waals surface area contributed by atoms with Gasteiger partial charge in [0.15, 0.2) is 0 Å². The van der Waals surface area contributed by atoms with Gasteiger partial charge in [0.25, 0.3) is 8.32 Å². The predicted octanol–water partition coefficient (Wildman–Crippen LogP) is 4.73. The van der Waals surface area contributed by atoms with Crippen LogP contribution in [-0.2, 0) is 8.54 Å². The summed E-state index contributed by atoms with van der Waals surface area (Å²) in [5, 5.41) is 8.11. The molecule has 0 bridgehead atoms. The second-order valence-corrected chi connectivity index (χ2v) is 16.3. The van der Waals surface area contributed by atoms with Crippen LogP contribution in [0.4, 0.5) is 0 Å². The van der Waals surface area contributed by atoms with Crippen molar-refractivity contribution >= 4 is 53.6 Å². The molecule has 39 heavy (non-hydrogen) atoms. The maximum absolute atomic E-state index is 7.97. The lowest BCUT2D eigenvalue weighted by molar-refractivity contribution is 0.332. The Morgan fingerprint density at radius 3 is 1.31 bits per heavy atom. The molecule has 1 atom stereocenters. The third-order valence-corrected chi connectivity index (χ3v) is 16.1. The van der Waals surface area contributed by atoms with Crippen LogP contribution in [0.3, 0.4) is 0 Å². The van der Waals surface area contributed by atoms with Crippen molar-refractivity contribution in [2.75, 3.05) is 7.11 Å². The van der Waals surface area contributed by atoms with E-state index in [4.69, 9.17) is 8.54 Å². The molecule has 190 valence electrons. The zero-order valence-electron chi connectivity index (χ0n) is 21.9. The summed E-state index contributed by atoms with van der Waals surface area (Å²) in [6.07, 6.45) is 0. The van der Waals surface area contributed by atoms with Crippen molar-refractivity contribution < 1.29 is 8.54 Å². The highest BCUT2D eigenvalue weighted by molar-refractivity contribution is 7.13. The van der Waals surface area contributed by atoms with E-state index in [1.165, 1.54) is 20.9 Å². The van der Waals surface area contributed by atoms with Gasteiger partial charge in [-0.05, 0) is 31.5 Å². The first-order valence-corrected chi connectivity index (χ1v) is 17.0. The zero-order chi connectivity index (χ0) is 26.5. The first-order chi connectivity index (χ1) is 19.3. The van der Waals surface area contributed by atoms with E-state index in [1.807, 2.05) is 7.11 Å². The minimum Gasteiger partial charge on any atom is -0.418 e. The molecule has 6 rings (SSSR count). The Hall–Kier alpha value is -4.07. The Morgan fingerprint density at radius 2 is 0.821 bits per heavy atom. The topological polar surface area (TPSA) is 18.5 Å². The van der Waals surface area contributed by atoms with Crippen molar-refractivity contribution in [3.8, 4) is 0 Å². The van der Waals surface area contributed by atoms with Crippen LogP contribution in [0, 0.1) is 0 Å². The Morgan fingerprint density at radius 1 is 0.410 bits per heavy atom. The smallest absolute Gasteiger partial charge is 0.397 e. The Balaban J connectivity index is 1.73. The van der Waals surface area contributed by atoms with E-state index < -0.39 is 16.9 Å². The fourth-order valence-electron chi connectivity index (χ4n) is 5.62. The van der Waals surface area contributed by atoms with Crippen molar-refractivity contribution in [3.05, 3.63) is 164 Å². The molecular formula is C35H30O2Si2. The summed E-state index contributed by atoms with van der Waals surface area (Å²) in [5.41, 5.74) is 0. The van der Waals surface area contributed by atoms with Gasteiger partial charge in [-0.25, -0.2) is 0 Å². The van der Waals surface area contributed by atoms with Gasteiger partial charge in [0.05, 0.1) is 0 Å². The molecule has 0 radical (unpaired) electrons. The van der Waals surface area contributed by atoms with Crippen LogP contribution in [0.5, 0.6) is 0 Å². The van der Waals surface area contributed by atoms with Gasteiger partial charge in [0.1, 0.15) is 0 Å². The molecule has 0 aliphatic heterocycles. The van der Waals surface area contributed by atoms with Gasteiger partial charge in [0.2, 0.25) is 0 Å². The summed E-state index contributed by atoms with van der Waals surface area (Å²) < 4.78 is 14.8. The Kier molecular flexibility index (Phi) is 7.09. The summed E-state index contributed by atoms with van der Waals surface area (Å²) in [6.45, 7) is 0. The molecule has 0 saturated carbocycles. The van der Waals surface area contributed by atoms with Gasteiger partial charge in [-0.2, -0.15) is 0 Å². The average Bonchev–Trinajstić information content (AvgIpc) is 3.04.